The molecular weight excluding hydrogens is 266 g/mol. The Hall–Kier alpha value is -1.33. The molecule has 1 fully saturated rings. The highest BCUT2D eigenvalue weighted by Crippen LogP contribution is 2.23. The number of nitrogens with zero attached hydrogens (tertiary/aromatic N) is 2. The first-order valence-electron chi connectivity index (χ1n) is 6.32. The lowest BCUT2D eigenvalue weighted by atomic mass is 9.96. The smallest absolute Gasteiger partial charge is 0.276 e. The number of rotatable bonds is 2. The van der Waals surface area contributed by atoms with Crippen LogP contribution in [-0.2, 0) is 0 Å². The van der Waals surface area contributed by atoms with Crippen molar-refractivity contribution >= 4 is 18.3 Å². The van der Waals surface area contributed by atoms with E-state index in [1.165, 1.54) is 12.3 Å². The van der Waals surface area contributed by atoms with Gasteiger partial charge < -0.3 is 15.7 Å². The van der Waals surface area contributed by atoms with E-state index < -0.39 is 0 Å². The van der Waals surface area contributed by atoms with Gasteiger partial charge in [-0.2, -0.15) is 0 Å². The molecule has 6 heteroatoms. The van der Waals surface area contributed by atoms with Crippen LogP contribution in [0.2, 0.25) is 0 Å². The monoisotopic (exact) mass is 285 g/mol. The van der Waals surface area contributed by atoms with Crippen LogP contribution in [0.4, 0.5) is 0 Å². The van der Waals surface area contributed by atoms with Crippen molar-refractivity contribution in [3.63, 3.8) is 0 Å². The molecule has 3 N–H and O–H groups in total. The maximum absolute atomic E-state index is 12.4. The molecule has 1 aromatic heterocycles. The number of piperidine rings is 1. The molecule has 5 nitrogen and oxygen atoms in total. The molecule has 1 saturated heterocycles. The van der Waals surface area contributed by atoms with Crippen molar-refractivity contribution in [2.45, 2.75) is 38.3 Å². The first kappa shape index (κ1) is 15.7. The lowest BCUT2D eigenvalue weighted by Gasteiger charge is -2.37. The van der Waals surface area contributed by atoms with Gasteiger partial charge in [0.15, 0.2) is 5.69 Å². The third-order valence-electron chi connectivity index (χ3n) is 3.41. The summed E-state index contributed by atoms with van der Waals surface area (Å²) in [4.78, 5) is 18.1. The van der Waals surface area contributed by atoms with Gasteiger partial charge in [-0.1, -0.05) is 0 Å². The summed E-state index contributed by atoms with van der Waals surface area (Å²) in [6, 6.07) is 3.05. The van der Waals surface area contributed by atoms with Gasteiger partial charge in [0.25, 0.3) is 5.91 Å². The van der Waals surface area contributed by atoms with Crippen LogP contribution in [0.5, 0.6) is 5.75 Å². The summed E-state index contributed by atoms with van der Waals surface area (Å²) in [5, 5.41) is 9.70. The van der Waals surface area contributed by atoms with Gasteiger partial charge in [-0.3, -0.25) is 4.79 Å². The fraction of sp³-hybridized carbons (Fsp3) is 0.538. The summed E-state index contributed by atoms with van der Waals surface area (Å²) < 4.78 is 0. The Bertz CT molecular complexity index is 440. The average Bonchev–Trinajstić information content (AvgIpc) is 2.38. The molecule has 2 unspecified atom stereocenters. The van der Waals surface area contributed by atoms with Gasteiger partial charge >= 0.3 is 0 Å². The lowest BCUT2D eigenvalue weighted by Crippen LogP contribution is -2.51. The van der Waals surface area contributed by atoms with Crippen molar-refractivity contribution in [1.29, 1.82) is 0 Å². The Kier molecular flexibility index (Phi) is 5.57. The van der Waals surface area contributed by atoms with Crippen LogP contribution in [0.3, 0.4) is 0 Å². The summed E-state index contributed by atoms with van der Waals surface area (Å²) in [5.41, 5.74) is 6.05. The van der Waals surface area contributed by atoms with E-state index in [1.807, 2.05) is 6.92 Å². The Morgan fingerprint density at radius 1 is 1.58 bits per heavy atom. The zero-order valence-corrected chi connectivity index (χ0v) is 11.8. The van der Waals surface area contributed by atoms with E-state index in [0.29, 0.717) is 6.54 Å². The van der Waals surface area contributed by atoms with Crippen LogP contribution < -0.4 is 5.73 Å². The van der Waals surface area contributed by atoms with Crippen molar-refractivity contribution in [2.75, 3.05) is 6.54 Å². The number of aromatic hydroxyl groups is 1. The molecular formula is C13H20ClN3O2. The summed E-state index contributed by atoms with van der Waals surface area (Å²) in [5.74, 6) is -0.299. The summed E-state index contributed by atoms with van der Waals surface area (Å²) in [6.07, 6.45) is 4.49. The summed E-state index contributed by atoms with van der Waals surface area (Å²) >= 11 is 0. The van der Waals surface area contributed by atoms with Gasteiger partial charge in [-0.25, -0.2) is 4.98 Å². The minimum absolute atomic E-state index is 0. The number of carbonyl (C=O) groups excluding carboxylic acids is 1. The van der Waals surface area contributed by atoms with Crippen LogP contribution in [0.25, 0.3) is 0 Å². The summed E-state index contributed by atoms with van der Waals surface area (Å²) in [6.45, 7) is 2.59. The number of hydrogen-bond donors (Lipinski definition) is 2. The number of aromatic nitrogens is 1. The van der Waals surface area contributed by atoms with Crippen LogP contribution >= 0.6 is 12.4 Å². The second-order valence-electron chi connectivity index (χ2n) is 4.79. The van der Waals surface area contributed by atoms with E-state index in [-0.39, 0.29) is 41.8 Å². The second kappa shape index (κ2) is 6.73. The van der Waals surface area contributed by atoms with Crippen molar-refractivity contribution in [3.8, 4) is 5.75 Å². The molecule has 2 heterocycles. The SMILES string of the molecule is CC(N)C1CCCCN1C(=O)c1ncccc1O.Cl. The van der Waals surface area contributed by atoms with Crippen LogP contribution in [0.1, 0.15) is 36.7 Å². The molecule has 0 saturated carbocycles. The molecule has 0 aromatic carbocycles. The third kappa shape index (κ3) is 3.36. The van der Waals surface area contributed by atoms with E-state index in [1.54, 1.807) is 11.0 Å². The molecule has 0 spiro atoms. The molecule has 2 atom stereocenters. The Morgan fingerprint density at radius 3 is 2.95 bits per heavy atom. The zero-order chi connectivity index (χ0) is 13.1. The van der Waals surface area contributed by atoms with E-state index >= 15 is 0 Å². The largest absolute Gasteiger partial charge is 0.505 e. The molecule has 1 aliphatic heterocycles. The molecule has 0 aliphatic carbocycles. The third-order valence-corrected chi connectivity index (χ3v) is 3.41. The topological polar surface area (TPSA) is 79.5 Å². The average molecular weight is 286 g/mol. The molecule has 19 heavy (non-hydrogen) atoms. The quantitative estimate of drug-likeness (QED) is 0.864. The molecule has 106 valence electrons. The molecule has 1 aromatic rings. The van der Waals surface area contributed by atoms with Crippen LogP contribution in [0, 0.1) is 0 Å². The van der Waals surface area contributed by atoms with Crippen molar-refractivity contribution in [2.24, 2.45) is 5.73 Å². The second-order valence-corrected chi connectivity index (χ2v) is 4.79. The van der Waals surface area contributed by atoms with E-state index in [9.17, 15) is 9.90 Å². The highest BCUT2D eigenvalue weighted by atomic mass is 35.5. The van der Waals surface area contributed by atoms with E-state index in [4.69, 9.17) is 5.73 Å². The van der Waals surface area contributed by atoms with Gasteiger partial charge in [0.05, 0.1) is 0 Å². The molecule has 0 bridgehead atoms. The molecule has 1 aliphatic rings. The minimum atomic E-state index is -0.227. The van der Waals surface area contributed by atoms with Crippen molar-refractivity contribution < 1.29 is 9.90 Å². The Labute approximate surface area is 119 Å². The van der Waals surface area contributed by atoms with Gasteiger partial charge in [0.1, 0.15) is 5.75 Å². The van der Waals surface area contributed by atoms with Crippen molar-refractivity contribution in [1.82, 2.24) is 9.88 Å². The minimum Gasteiger partial charge on any atom is -0.505 e. The van der Waals surface area contributed by atoms with E-state index in [2.05, 4.69) is 4.98 Å². The summed E-state index contributed by atoms with van der Waals surface area (Å²) in [7, 11) is 0. The van der Waals surface area contributed by atoms with Gasteiger partial charge in [-0.05, 0) is 38.3 Å². The maximum atomic E-state index is 12.4. The number of likely N-dealkylation sites (tertiary alicyclic amines) is 1. The highest BCUT2D eigenvalue weighted by Gasteiger charge is 2.31. The van der Waals surface area contributed by atoms with Crippen LogP contribution in [0.15, 0.2) is 18.3 Å². The number of nitrogens with two attached hydrogens (primary N) is 1. The number of amides is 1. The fourth-order valence-electron chi connectivity index (χ4n) is 2.45. The zero-order valence-electron chi connectivity index (χ0n) is 11.0. The number of carbonyl (C=O) groups is 1. The maximum Gasteiger partial charge on any atom is 0.276 e. The Balaban J connectivity index is 0.00000180. The van der Waals surface area contributed by atoms with Gasteiger partial charge in [0, 0.05) is 24.8 Å². The first-order valence-corrected chi connectivity index (χ1v) is 6.32. The molecule has 1 amide bonds. The number of halogens is 1. The predicted octanol–water partition coefficient (Wildman–Crippen LogP) is 1.55. The molecule has 0 radical (unpaired) electrons. The standard InChI is InChI=1S/C13H19N3O2.ClH/c1-9(14)10-5-2-3-8-16(10)13(18)12-11(17)6-4-7-15-12;/h4,6-7,9-10,17H,2-3,5,8,14H2,1H3;1H. The fourth-order valence-corrected chi connectivity index (χ4v) is 2.45. The predicted molar refractivity (Wildman–Crippen MR) is 75.5 cm³/mol. The van der Waals surface area contributed by atoms with E-state index in [0.717, 1.165) is 19.3 Å². The highest BCUT2D eigenvalue weighted by molar-refractivity contribution is 5.95. The van der Waals surface area contributed by atoms with Gasteiger partial charge in [-0.15, -0.1) is 12.4 Å². The molecule has 2 rings (SSSR count). The first-order chi connectivity index (χ1) is 8.61. The Morgan fingerprint density at radius 2 is 2.32 bits per heavy atom. The van der Waals surface area contributed by atoms with Crippen molar-refractivity contribution in [3.05, 3.63) is 24.0 Å². The normalized spacial score (nSPS) is 20.5. The number of pyridine rings is 1. The lowest BCUT2D eigenvalue weighted by molar-refractivity contribution is 0.0574. The van der Waals surface area contributed by atoms with Crippen LogP contribution in [-0.4, -0.2) is 39.5 Å². The number of hydrogen-bond acceptors (Lipinski definition) is 4. The van der Waals surface area contributed by atoms with Gasteiger partial charge in [0.2, 0.25) is 0 Å².